The average molecular weight is 281 g/mol. The molecule has 0 bridgehead atoms. The van der Waals surface area contributed by atoms with Gasteiger partial charge in [-0.1, -0.05) is 36.8 Å². The maximum Gasteiger partial charge on any atom is 0.266 e. The molecule has 4 heteroatoms. The quantitative estimate of drug-likeness (QED) is 0.810. The lowest BCUT2D eigenvalue weighted by atomic mass is 10.1. The van der Waals surface area contributed by atoms with Crippen molar-refractivity contribution in [1.82, 2.24) is 4.90 Å². The van der Waals surface area contributed by atoms with E-state index in [2.05, 4.69) is 6.04 Å². The zero-order chi connectivity index (χ0) is 14.8. The fourth-order valence-electron chi connectivity index (χ4n) is 2.26. The molecule has 1 aliphatic heterocycles. The van der Waals surface area contributed by atoms with Crippen molar-refractivity contribution in [2.45, 2.75) is 13.2 Å². The summed E-state index contributed by atoms with van der Waals surface area (Å²) in [6, 6.07) is 14.4. The highest BCUT2D eigenvalue weighted by Gasteiger charge is 2.28. The summed E-state index contributed by atoms with van der Waals surface area (Å²) in [5, 5.41) is 0. The van der Waals surface area contributed by atoms with Gasteiger partial charge in [0.15, 0.2) is 11.6 Å². The summed E-state index contributed by atoms with van der Waals surface area (Å²) in [6.07, 6.45) is 5.24. The molecule has 0 aromatic heterocycles. The van der Waals surface area contributed by atoms with Gasteiger partial charge in [0.2, 0.25) is 0 Å². The summed E-state index contributed by atoms with van der Waals surface area (Å²) in [7, 11) is 0. The Morgan fingerprint density at radius 3 is 2.76 bits per heavy atom. The van der Waals surface area contributed by atoms with Crippen molar-refractivity contribution in [1.29, 1.82) is 0 Å². The minimum Gasteiger partial charge on any atom is -0.486 e. The highest BCUT2D eigenvalue weighted by molar-refractivity contribution is 5.99. The lowest BCUT2D eigenvalue weighted by Crippen LogP contribution is -2.16. The molecule has 3 rings (SSSR count). The van der Waals surface area contributed by atoms with Gasteiger partial charge in [-0.05, 0) is 23.3 Å². The average Bonchev–Trinajstić information content (AvgIpc) is 2.81. The van der Waals surface area contributed by atoms with Crippen LogP contribution in [0, 0.1) is 18.3 Å². The van der Waals surface area contributed by atoms with Crippen LogP contribution in [-0.2, 0) is 13.2 Å². The van der Waals surface area contributed by atoms with Crippen molar-refractivity contribution in [3.05, 3.63) is 65.0 Å². The van der Waals surface area contributed by atoms with E-state index in [1.807, 2.05) is 30.3 Å². The lowest BCUT2D eigenvalue weighted by molar-refractivity contribution is 0.0854. The summed E-state index contributed by atoms with van der Waals surface area (Å²) in [5.41, 5.74) is 1.91. The molecule has 21 heavy (non-hydrogen) atoms. The third-order valence-electron chi connectivity index (χ3n) is 3.35. The maximum absolute atomic E-state index is 14.0. The molecule has 0 saturated heterocycles. The van der Waals surface area contributed by atoms with Gasteiger partial charge in [0.1, 0.15) is 6.61 Å². The number of terminal acetylenes is 1. The Labute approximate surface area is 122 Å². The third kappa shape index (κ3) is 2.46. The summed E-state index contributed by atoms with van der Waals surface area (Å²) in [6.45, 7) is 0.476. The molecule has 0 radical (unpaired) electrons. The Hall–Kier alpha value is -2.80. The van der Waals surface area contributed by atoms with Gasteiger partial charge in [0.25, 0.3) is 5.91 Å². The second kappa shape index (κ2) is 5.29. The minimum absolute atomic E-state index is 0.0600. The topological polar surface area (TPSA) is 29.5 Å². The maximum atomic E-state index is 14.0. The number of hydrogen-bond donors (Lipinski definition) is 0. The molecule has 3 nitrogen and oxygen atoms in total. The Morgan fingerprint density at radius 1 is 1.29 bits per heavy atom. The summed E-state index contributed by atoms with van der Waals surface area (Å²) in [4.78, 5) is 13.2. The Kier molecular flexibility index (Phi) is 3.33. The van der Waals surface area contributed by atoms with Gasteiger partial charge in [0.05, 0.1) is 6.54 Å². The van der Waals surface area contributed by atoms with Crippen molar-refractivity contribution in [2.75, 3.05) is 0 Å². The minimum atomic E-state index is -0.489. The predicted octanol–water partition coefficient (Wildman–Crippen LogP) is 2.95. The van der Waals surface area contributed by atoms with Crippen LogP contribution in [0.5, 0.6) is 5.75 Å². The van der Waals surface area contributed by atoms with Gasteiger partial charge in [-0.15, -0.1) is 0 Å². The van der Waals surface area contributed by atoms with E-state index in [-0.39, 0.29) is 24.8 Å². The fraction of sp³-hybridized carbons (Fsp3) is 0.118. The Morgan fingerprint density at radius 2 is 2.05 bits per heavy atom. The molecule has 0 spiro atoms. The number of ether oxygens (including phenoxy) is 1. The largest absolute Gasteiger partial charge is 0.486 e. The Balaban J connectivity index is 1.84. The van der Waals surface area contributed by atoms with E-state index >= 15 is 0 Å². The van der Waals surface area contributed by atoms with Crippen molar-refractivity contribution in [2.24, 2.45) is 0 Å². The lowest BCUT2D eigenvalue weighted by Gasteiger charge is -2.08. The van der Waals surface area contributed by atoms with E-state index in [0.29, 0.717) is 11.1 Å². The first kappa shape index (κ1) is 13.2. The van der Waals surface area contributed by atoms with E-state index < -0.39 is 5.82 Å². The molecule has 0 fully saturated rings. The molecule has 1 aliphatic rings. The van der Waals surface area contributed by atoms with Gasteiger partial charge in [0, 0.05) is 11.6 Å². The van der Waals surface area contributed by atoms with Crippen LogP contribution in [0.3, 0.4) is 0 Å². The molecular weight excluding hydrogens is 269 g/mol. The van der Waals surface area contributed by atoms with Crippen LogP contribution in [0.15, 0.2) is 42.5 Å². The number of fused-ring (bicyclic) bond motifs is 1. The first-order valence-electron chi connectivity index (χ1n) is 6.46. The normalized spacial score (nSPS) is 13.0. The molecule has 104 valence electrons. The van der Waals surface area contributed by atoms with Gasteiger partial charge in [-0.25, -0.2) is 4.39 Å². The van der Waals surface area contributed by atoms with E-state index in [0.717, 1.165) is 5.56 Å². The van der Waals surface area contributed by atoms with E-state index in [1.165, 1.54) is 17.0 Å². The Bertz CT molecular complexity index is 734. The first-order valence-corrected chi connectivity index (χ1v) is 6.46. The highest BCUT2D eigenvalue weighted by Crippen LogP contribution is 2.29. The molecule has 0 N–H and O–H groups in total. The molecule has 0 saturated carbocycles. The van der Waals surface area contributed by atoms with Gasteiger partial charge < -0.3 is 4.74 Å². The number of carbonyl (C=O) groups is 1. The fourth-order valence-corrected chi connectivity index (χ4v) is 2.26. The van der Waals surface area contributed by atoms with Gasteiger partial charge >= 0.3 is 0 Å². The van der Waals surface area contributed by atoms with Crippen LogP contribution in [0.25, 0.3) is 0 Å². The molecule has 1 amide bonds. The molecule has 0 atom stereocenters. The van der Waals surface area contributed by atoms with Crippen LogP contribution < -0.4 is 4.74 Å². The van der Waals surface area contributed by atoms with Crippen molar-refractivity contribution < 1.29 is 13.9 Å². The van der Waals surface area contributed by atoms with Crippen LogP contribution >= 0.6 is 0 Å². The molecule has 2 aromatic carbocycles. The first-order chi connectivity index (χ1) is 10.2. The summed E-state index contributed by atoms with van der Waals surface area (Å²) >= 11 is 0. The van der Waals surface area contributed by atoms with E-state index in [9.17, 15) is 9.18 Å². The SMILES string of the molecule is C#CN1Cc2cc(F)c(OCc3ccccc3)cc2C1=O. The number of nitrogens with zero attached hydrogens (tertiary/aromatic N) is 1. The van der Waals surface area contributed by atoms with Crippen molar-refractivity contribution in [3.8, 4) is 18.2 Å². The van der Waals surface area contributed by atoms with E-state index in [1.54, 1.807) is 0 Å². The number of amides is 1. The van der Waals surface area contributed by atoms with Crippen LogP contribution in [0.2, 0.25) is 0 Å². The van der Waals surface area contributed by atoms with Gasteiger partial charge in [-0.2, -0.15) is 0 Å². The second-order valence-electron chi connectivity index (χ2n) is 4.73. The summed E-state index contributed by atoms with van der Waals surface area (Å²) in [5.74, 6) is -0.724. The number of carbonyl (C=O) groups excluding carboxylic acids is 1. The van der Waals surface area contributed by atoms with Crippen molar-refractivity contribution in [3.63, 3.8) is 0 Å². The molecular formula is C17H12FNO2. The molecule has 0 unspecified atom stereocenters. The smallest absolute Gasteiger partial charge is 0.266 e. The second-order valence-corrected chi connectivity index (χ2v) is 4.73. The molecule has 0 aliphatic carbocycles. The van der Waals surface area contributed by atoms with Gasteiger partial charge in [-0.3, -0.25) is 9.69 Å². The summed E-state index contributed by atoms with van der Waals surface area (Å²) < 4.78 is 19.5. The zero-order valence-electron chi connectivity index (χ0n) is 11.2. The number of hydrogen-bond acceptors (Lipinski definition) is 2. The third-order valence-corrected chi connectivity index (χ3v) is 3.35. The van der Waals surface area contributed by atoms with E-state index in [4.69, 9.17) is 11.2 Å². The van der Waals surface area contributed by atoms with Crippen molar-refractivity contribution >= 4 is 5.91 Å². The number of halogens is 1. The monoisotopic (exact) mass is 281 g/mol. The van der Waals surface area contributed by atoms with Crippen LogP contribution in [-0.4, -0.2) is 10.8 Å². The zero-order valence-corrected chi connectivity index (χ0v) is 11.2. The number of benzene rings is 2. The molecule has 2 aromatic rings. The van der Waals surface area contributed by atoms with Crippen LogP contribution in [0.1, 0.15) is 21.5 Å². The molecule has 1 heterocycles. The number of rotatable bonds is 3. The predicted molar refractivity (Wildman–Crippen MR) is 75.9 cm³/mol. The van der Waals surface area contributed by atoms with Crippen LogP contribution in [0.4, 0.5) is 4.39 Å². The standard InChI is InChI=1S/C17H12FNO2/c1-2-19-10-13-8-15(18)16(9-14(13)17(19)20)21-11-12-6-4-3-5-7-12/h1,3-9H,10-11H2. The highest BCUT2D eigenvalue weighted by atomic mass is 19.1.